The molecule has 144 valence electrons. The van der Waals surface area contributed by atoms with Crippen molar-refractivity contribution >= 4 is 34.7 Å². The molecule has 0 aliphatic rings. The highest BCUT2D eigenvalue weighted by molar-refractivity contribution is 5.97. The molecule has 4 N–H and O–H groups in total. The Kier molecular flexibility index (Phi) is 6.06. The van der Waals surface area contributed by atoms with Gasteiger partial charge in [-0.1, -0.05) is 31.2 Å². The summed E-state index contributed by atoms with van der Waals surface area (Å²) in [6.45, 7) is 4.17. The number of nitrogens with two attached hydrogens (primary N) is 1. The number of hydrogen-bond donors (Lipinski definition) is 3. The smallest absolute Gasteiger partial charge is 0.340 e. The average Bonchev–Trinajstić information content (AvgIpc) is 2.72. The fourth-order valence-corrected chi connectivity index (χ4v) is 2.66. The number of aryl methyl sites for hydroxylation is 1. The van der Waals surface area contributed by atoms with E-state index in [2.05, 4.69) is 39.7 Å². The van der Waals surface area contributed by atoms with E-state index in [1.807, 2.05) is 18.2 Å². The summed E-state index contributed by atoms with van der Waals surface area (Å²) in [4.78, 5) is 20.6. The summed E-state index contributed by atoms with van der Waals surface area (Å²) in [5.74, 6) is 0.474. The lowest BCUT2D eigenvalue weighted by molar-refractivity contribution is 0.0527. The van der Waals surface area contributed by atoms with Crippen LogP contribution in [0.5, 0.6) is 0 Å². The zero-order valence-electron chi connectivity index (χ0n) is 15.9. The molecular weight excluding hydrogens is 354 g/mol. The number of rotatable bonds is 7. The first kappa shape index (κ1) is 19.2. The molecule has 2 aromatic carbocycles. The van der Waals surface area contributed by atoms with Crippen LogP contribution in [0.25, 0.3) is 0 Å². The Morgan fingerprint density at radius 3 is 2.36 bits per heavy atom. The molecule has 7 nitrogen and oxygen atoms in total. The van der Waals surface area contributed by atoms with E-state index < -0.39 is 5.97 Å². The van der Waals surface area contributed by atoms with Crippen molar-refractivity contribution < 1.29 is 9.53 Å². The molecule has 0 aliphatic heterocycles. The van der Waals surface area contributed by atoms with Crippen molar-refractivity contribution in [3.63, 3.8) is 0 Å². The van der Waals surface area contributed by atoms with Crippen molar-refractivity contribution in [3.8, 4) is 0 Å². The number of nitrogen functional groups attached to an aromatic ring is 1. The van der Waals surface area contributed by atoms with Crippen molar-refractivity contribution in [1.82, 2.24) is 9.97 Å². The molecule has 0 amide bonds. The van der Waals surface area contributed by atoms with E-state index in [0.717, 1.165) is 12.1 Å². The molecule has 3 rings (SSSR count). The zero-order valence-corrected chi connectivity index (χ0v) is 15.9. The number of carbonyl (C=O) groups is 1. The van der Waals surface area contributed by atoms with Gasteiger partial charge in [0.15, 0.2) is 11.6 Å². The van der Waals surface area contributed by atoms with Crippen molar-refractivity contribution in [3.05, 3.63) is 66.0 Å². The molecule has 3 aromatic rings. The van der Waals surface area contributed by atoms with Crippen LogP contribution in [0.15, 0.2) is 54.9 Å². The lowest BCUT2D eigenvalue weighted by Crippen LogP contribution is -2.10. The number of aromatic nitrogens is 2. The zero-order chi connectivity index (χ0) is 19.9. The van der Waals surface area contributed by atoms with Crippen LogP contribution in [0.4, 0.5) is 28.7 Å². The van der Waals surface area contributed by atoms with E-state index >= 15 is 0 Å². The first-order chi connectivity index (χ1) is 13.6. The van der Waals surface area contributed by atoms with Crippen LogP contribution >= 0.6 is 0 Å². The highest BCUT2D eigenvalue weighted by atomic mass is 16.5. The summed E-state index contributed by atoms with van der Waals surface area (Å²) in [5.41, 5.74) is 9.70. The number of nitrogens with one attached hydrogen (secondary N) is 2. The van der Waals surface area contributed by atoms with Gasteiger partial charge in [-0.3, -0.25) is 0 Å². The molecule has 0 spiro atoms. The molecule has 0 unspecified atom stereocenters. The Labute approximate surface area is 164 Å². The van der Waals surface area contributed by atoms with Gasteiger partial charge in [0.1, 0.15) is 12.0 Å². The minimum Gasteiger partial charge on any atom is -0.462 e. The molecule has 0 bridgehead atoms. The van der Waals surface area contributed by atoms with Crippen LogP contribution in [-0.2, 0) is 11.2 Å². The summed E-state index contributed by atoms with van der Waals surface area (Å²) in [6.07, 6.45) is 2.39. The van der Waals surface area contributed by atoms with Gasteiger partial charge in [-0.05, 0) is 43.2 Å². The van der Waals surface area contributed by atoms with E-state index in [4.69, 9.17) is 10.5 Å². The summed E-state index contributed by atoms with van der Waals surface area (Å²) in [7, 11) is 0. The van der Waals surface area contributed by atoms with Gasteiger partial charge in [0.05, 0.1) is 17.9 Å². The predicted molar refractivity (Wildman–Crippen MR) is 111 cm³/mol. The maximum atomic E-state index is 12.2. The summed E-state index contributed by atoms with van der Waals surface area (Å²) in [6, 6.07) is 15.1. The molecule has 0 radical (unpaired) electrons. The molecule has 7 heteroatoms. The summed E-state index contributed by atoms with van der Waals surface area (Å²) >= 11 is 0. The number of anilines is 5. The number of carbonyl (C=O) groups excluding carboxylic acids is 1. The lowest BCUT2D eigenvalue weighted by atomic mass is 10.1. The van der Waals surface area contributed by atoms with E-state index in [0.29, 0.717) is 35.2 Å². The van der Waals surface area contributed by atoms with Crippen LogP contribution < -0.4 is 16.4 Å². The second-order valence-corrected chi connectivity index (χ2v) is 6.05. The third-order valence-electron chi connectivity index (χ3n) is 4.18. The van der Waals surface area contributed by atoms with Gasteiger partial charge < -0.3 is 21.1 Å². The fraction of sp³-hybridized carbons (Fsp3) is 0.190. The quantitative estimate of drug-likeness (QED) is 0.528. The lowest BCUT2D eigenvalue weighted by Gasteiger charge is -2.14. The molecule has 0 saturated carbocycles. The molecule has 0 atom stereocenters. The van der Waals surface area contributed by atoms with Gasteiger partial charge in [-0.2, -0.15) is 0 Å². The van der Waals surface area contributed by atoms with Gasteiger partial charge in [-0.25, -0.2) is 14.8 Å². The predicted octanol–water partition coefficient (Wildman–Crippen LogP) is 4.29. The van der Waals surface area contributed by atoms with Crippen LogP contribution in [0, 0.1) is 0 Å². The topological polar surface area (TPSA) is 102 Å². The Morgan fingerprint density at radius 2 is 1.68 bits per heavy atom. The average molecular weight is 377 g/mol. The van der Waals surface area contributed by atoms with Crippen molar-refractivity contribution in [2.75, 3.05) is 23.0 Å². The standard InChI is InChI=1S/C21H23N5O2/c1-3-14-9-11-15(12-10-14)25-19-18(22)20(24-13-23-19)26-17-8-6-5-7-16(17)21(27)28-4-2/h5-13H,3-4,22H2,1-2H3,(H2,23,24,25,26). The molecule has 28 heavy (non-hydrogen) atoms. The highest BCUT2D eigenvalue weighted by Crippen LogP contribution is 2.29. The normalized spacial score (nSPS) is 10.4. The van der Waals surface area contributed by atoms with E-state index in [-0.39, 0.29) is 0 Å². The number of benzene rings is 2. The van der Waals surface area contributed by atoms with Crippen LogP contribution in [0.1, 0.15) is 29.8 Å². The van der Waals surface area contributed by atoms with Crippen molar-refractivity contribution in [1.29, 1.82) is 0 Å². The SMILES string of the molecule is CCOC(=O)c1ccccc1Nc1ncnc(Nc2ccc(CC)cc2)c1N. The third kappa shape index (κ3) is 4.37. The molecule has 0 fully saturated rings. The Hall–Kier alpha value is -3.61. The second-order valence-electron chi connectivity index (χ2n) is 6.05. The molecule has 1 aromatic heterocycles. The van der Waals surface area contributed by atoms with Gasteiger partial charge in [-0.15, -0.1) is 0 Å². The number of hydrogen-bond acceptors (Lipinski definition) is 7. The highest BCUT2D eigenvalue weighted by Gasteiger charge is 2.15. The number of esters is 1. The van der Waals surface area contributed by atoms with Crippen LogP contribution in [0.2, 0.25) is 0 Å². The molecule has 1 heterocycles. The second kappa shape index (κ2) is 8.85. The van der Waals surface area contributed by atoms with E-state index in [9.17, 15) is 4.79 Å². The Balaban J connectivity index is 1.84. The van der Waals surface area contributed by atoms with Gasteiger partial charge in [0.2, 0.25) is 0 Å². The van der Waals surface area contributed by atoms with Crippen molar-refractivity contribution in [2.24, 2.45) is 0 Å². The maximum Gasteiger partial charge on any atom is 0.340 e. The number of ether oxygens (including phenoxy) is 1. The number of nitrogens with zero attached hydrogens (tertiary/aromatic N) is 2. The fourth-order valence-electron chi connectivity index (χ4n) is 2.66. The first-order valence-electron chi connectivity index (χ1n) is 9.12. The van der Waals surface area contributed by atoms with Gasteiger partial charge >= 0.3 is 5.97 Å². The first-order valence-corrected chi connectivity index (χ1v) is 9.12. The summed E-state index contributed by atoms with van der Waals surface area (Å²) < 4.78 is 5.10. The maximum absolute atomic E-state index is 12.2. The molecular formula is C21H23N5O2. The van der Waals surface area contributed by atoms with Crippen molar-refractivity contribution in [2.45, 2.75) is 20.3 Å². The van der Waals surface area contributed by atoms with Gasteiger partial charge in [0, 0.05) is 5.69 Å². The van der Waals surface area contributed by atoms with Crippen LogP contribution in [-0.4, -0.2) is 22.5 Å². The minimum atomic E-state index is -0.410. The molecule has 0 saturated heterocycles. The Morgan fingerprint density at radius 1 is 1.00 bits per heavy atom. The summed E-state index contributed by atoms with van der Waals surface area (Å²) in [5, 5.41) is 6.31. The minimum absolute atomic E-state index is 0.299. The van der Waals surface area contributed by atoms with E-state index in [1.54, 1.807) is 25.1 Å². The monoisotopic (exact) mass is 377 g/mol. The number of para-hydroxylation sites is 1. The molecule has 0 aliphatic carbocycles. The van der Waals surface area contributed by atoms with Crippen LogP contribution in [0.3, 0.4) is 0 Å². The van der Waals surface area contributed by atoms with Gasteiger partial charge in [0.25, 0.3) is 0 Å². The van der Waals surface area contributed by atoms with E-state index in [1.165, 1.54) is 11.9 Å². The Bertz CT molecular complexity index is 957. The third-order valence-corrected chi connectivity index (χ3v) is 4.18. The largest absolute Gasteiger partial charge is 0.462 e.